The number of benzene rings is 1. The molecule has 0 saturated heterocycles. The fraction of sp³-hybridized carbons (Fsp3) is 0.0833. The minimum Gasteiger partial charge on any atom is -0.265 e. The Labute approximate surface area is 99.5 Å². The molecule has 0 bridgehead atoms. The molecule has 0 aliphatic rings. The molecule has 0 aliphatic heterocycles. The van der Waals surface area contributed by atoms with Crippen molar-refractivity contribution in [3.05, 3.63) is 35.9 Å². The zero-order valence-corrected chi connectivity index (χ0v) is 9.07. The van der Waals surface area contributed by atoms with Crippen LogP contribution in [0.3, 0.4) is 0 Å². The number of pyridine rings is 1. The fourth-order valence-electron chi connectivity index (χ4n) is 1.55. The van der Waals surface area contributed by atoms with Crippen LogP contribution in [0, 0.1) is 6.92 Å². The third kappa shape index (κ3) is 1.80. The molecule has 6 radical (unpaired) electrons. The number of rotatable bonds is 1. The van der Waals surface area contributed by atoms with E-state index >= 15 is 0 Å². The van der Waals surface area contributed by atoms with E-state index in [4.69, 9.17) is 23.5 Å². The van der Waals surface area contributed by atoms with Crippen LogP contribution in [-0.2, 0) is 0 Å². The maximum atomic E-state index is 5.94. The summed E-state index contributed by atoms with van der Waals surface area (Å²) in [5.74, 6) is 0. The lowest BCUT2D eigenvalue weighted by Gasteiger charge is -2.14. The fourth-order valence-corrected chi connectivity index (χ4v) is 1.55. The van der Waals surface area contributed by atoms with Crippen molar-refractivity contribution >= 4 is 40.1 Å². The van der Waals surface area contributed by atoms with Gasteiger partial charge in [0, 0.05) is 0 Å². The lowest BCUT2D eigenvalue weighted by atomic mass is 9.74. The van der Waals surface area contributed by atoms with Gasteiger partial charge in [-0.3, -0.25) is 4.98 Å². The Balaban J connectivity index is 2.68. The van der Waals surface area contributed by atoms with Crippen molar-refractivity contribution in [2.75, 3.05) is 0 Å². The highest BCUT2D eigenvalue weighted by Gasteiger charge is 2.08. The van der Waals surface area contributed by atoms with E-state index in [0.717, 1.165) is 11.1 Å². The molecule has 0 unspecified atom stereocenters. The predicted octanol–water partition coefficient (Wildman–Crippen LogP) is -0.562. The van der Waals surface area contributed by atoms with Crippen LogP contribution in [0.1, 0.15) is 5.56 Å². The summed E-state index contributed by atoms with van der Waals surface area (Å²) in [4.78, 5) is 4.28. The average molecular weight is 199 g/mol. The zero-order valence-electron chi connectivity index (χ0n) is 9.07. The molecule has 1 aromatic carbocycles. The average Bonchev–Trinajstić information content (AvgIpc) is 2.32. The molecule has 2 aromatic rings. The third-order valence-electron chi connectivity index (χ3n) is 2.61. The van der Waals surface area contributed by atoms with Gasteiger partial charge in [0.1, 0.15) is 23.5 Å². The monoisotopic (exact) mass is 199 g/mol. The van der Waals surface area contributed by atoms with Crippen LogP contribution in [0.4, 0.5) is 0 Å². The van der Waals surface area contributed by atoms with Gasteiger partial charge in [-0.2, -0.15) is 0 Å². The lowest BCUT2D eigenvalue weighted by Crippen LogP contribution is -2.37. The van der Waals surface area contributed by atoms with Gasteiger partial charge >= 0.3 is 0 Å². The molecular weight excluding hydrogens is 191 g/mol. The molecule has 0 fully saturated rings. The largest absolute Gasteiger partial charge is 0.265 e. The number of hydrogen-bond donors (Lipinski definition) is 0. The van der Waals surface area contributed by atoms with E-state index in [1.807, 2.05) is 37.3 Å². The SMILES string of the molecule is [B]c1nc(-c2ccccc2)c([B])c([B])c1C. The predicted molar refractivity (Wildman–Crippen MR) is 70.6 cm³/mol. The Kier molecular flexibility index (Phi) is 2.91. The number of hydrogen-bond acceptors (Lipinski definition) is 1. The molecule has 2 rings (SSSR count). The molecule has 1 heterocycles. The summed E-state index contributed by atoms with van der Waals surface area (Å²) < 4.78 is 0. The second kappa shape index (κ2) is 4.21. The van der Waals surface area contributed by atoms with Gasteiger partial charge < -0.3 is 0 Å². The summed E-state index contributed by atoms with van der Waals surface area (Å²) >= 11 is 0. The zero-order chi connectivity index (χ0) is 11.7. The molecule has 1 aromatic heterocycles. The van der Waals surface area contributed by atoms with E-state index in [1.54, 1.807) is 0 Å². The standard InChI is InChI=1S/C12H8B3N/c1-7-9(13)10(14)11(16-12(7)15)8-5-3-2-4-6-8/h2-6H,1H3. The molecule has 16 heavy (non-hydrogen) atoms. The summed E-state index contributed by atoms with van der Waals surface area (Å²) in [5.41, 5.74) is 3.70. The second-order valence-corrected chi connectivity index (χ2v) is 3.66. The van der Waals surface area contributed by atoms with Gasteiger partial charge in [0.15, 0.2) is 0 Å². The normalized spacial score (nSPS) is 10.3. The summed E-state index contributed by atoms with van der Waals surface area (Å²) in [6, 6.07) is 9.62. The molecule has 0 saturated carbocycles. The van der Waals surface area contributed by atoms with Crippen molar-refractivity contribution in [3.63, 3.8) is 0 Å². The molecule has 0 spiro atoms. The topological polar surface area (TPSA) is 12.9 Å². The summed E-state index contributed by atoms with van der Waals surface area (Å²) in [6.45, 7) is 1.81. The Morgan fingerprint density at radius 2 is 1.56 bits per heavy atom. The van der Waals surface area contributed by atoms with Gasteiger partial charge in [-0.05, 0) is 23.6 Å². The third-order valence-corrected chi connectivity index (χ3v) is 2.61. The van der Waals surface area contributed by atoms with Crippen LogP contribution in [0.15, 0.2) is 30.3 Å². The van der Waals surface area contributed by atoms with Crippen LogP contribution in [0.5, 0.6) is 0 Å². The maximum Gasteiger partial charge on any atom is 0.142 e. The molecule has 70 valence electrons. The van der Waals surface area contributed by atoms with Crippen LogP contribution < -0.4 is 16.5 Å². The van der Waals surface area contributed by atoms with Crippen molar-refractivity contribution in [2.45, 2.75) is 6.92 Å². The Bertz CT molecular complexity index is 524. The molecule has 0 atom stereocenters. The highest BCUT2D eigenvalue weighted by molar-refractivity contribution is 6.52. The first-order chi connectivity index (χ1) is 7.61. The highest BCUT2D eigenvalue weighted by atomic mass is 14.7. The lowest BCUT2D eigenvalue weighted by molar-refractivity contribution is 1.36. The minimum atomic E-state index is 0.422. The van der Waals surface area contributed by atoms with Crippen molar-refractivity contribution in [2.24, 2.45) is 0 Å². The van der Waals surface area contributed by atoms with E-state index < -0.39 is 0 Å². The number of nitrogens with zero attached hydrogens (tertiary/aromatic N) is 1. The molecule has 0 amide bonds. The van der Waals surface area contributed by atoms with E-state index in [1.165, 1.54) is 0 Å². The van der Waals surface area contributed by atoms with Gasteiger partial charge in [-0.25, -0.2) is 0 Å². The quantitative estimate of drug-likeness (QED) is 0.560. The maximum absolute atomic E-state index is 5.94. The van der Waals surface area contributed by atoms with E-state index in [9.17, 15) is 0 Å². The first-order valence-corrected chi connectivity index (χ1v) is 4.97. The van der Waals surface area contributed by atoms with Gasteiger partial charge in [-0.15, -0.1) is 0 Å². The molecule has 0 aliphatic carbocycles. The smallest absolute Gasteiger partial charge is 0.142 e. The first kappa shape index (κ1) is 11.1. The van der Waals surface area contributed by atoms with Gasteiger partial charge in [-0.1, -0.05) is 41.3 Å². The summed E-state index contributed by atoms with van der Waals surface area (Å²) in [6.07, 6.45) is 0. The first-order valence-electron chi connectivity index (χ1n) is 4.97. The molecule has 1 nitrogen and oxygen atoms in total. The van der Waals surface area contributed by atoms with Gasteiger partial charge in [0.05, 0.1) is 5.69 Å². The second-order valence-electron chi connectivity index (χ2n) is 3.66. The van der Waals surface area contributed by atoms with Crippen molar-refractivity contribution in [1.29, 1.82) is 0 Å². The molecule has 4 heteroatoms. The van der Waals surface area contributed by atoms with E-state index in [0.29, 0.717) is 22.2 Å². The van der Waals surface area contributed by atoms with Crippen molar-refractivity contribution in [1.82, 2.24) is 4.98 Å². The summed E-state index contributed by atoms with van der Waals surface area (Å²) in [5, 5.41) is 0. The van der Waals surface area contributed by atoms with Gasteiger partial charge in [0.2, 0.25) is 0 Å². The minimum absolute atomic E-state index is 0.422. The van der Waals surface area contributed by atoms with E-state index in [2.05, 4.69) is 4.98 Å². The van der Waals surface area contributed by atoms with Crippen LogP contribution in [0.2, 0.25) is 0 Å². The van der Waals surface area contributed by atoms with Crippen molar-refractivity contribution < 1.29 is 0 Å². The van der Waals surface area contributed by atoms with Crippen LogP contribution in [-0.4, -0.2) is 28.5 Å². The highest BCUT2D eigenvalue weighted by Crippen LogP contribution is 2.12. The Morgan fingerprint density at radius 3 is 2.19 bits per heavy atom. The summed E-state index contributed by atoms with van der Waals surface area (Å²) in [7, 11) is 17.6. The molecule has 0 N–H and O–H groups in total. The number of aromatic nitrogens is 1. The van der Waals surface area contributed by atoms with Crippen LogP contribution in [0.25, 0.3) is 11.3 Å². The van der Waals surface area contributed by atoms with Crippen molar-refractivity contribution in [3.8, 4) is 11.3 Å². The van der Waals surface area contributed by atoms with E-state index in [-0.39, 0.29) is 0 Å². The Hall–Kier alpha value is -1.44. The van der Waals surface area contributed by atoms with Crippen LogP contribution >= 0.6 is 0 Å². The Morgan fingerprint density at radius 1 is 0.938 bits per heavy atom. The van der Waals surface area contributed by atoms with Gasteiger partial charge in [0.25, 0.3) is 0 Å². The molecular formula is C12H8B3N.